The minimum Gasteiger partial charge on any atom is -0.497 e. The Bertz CT molecular complexity index is 1510. The van der Waals surface area contributed by atoms with Crippen molar-refractivity contribution in [1.82, 2.24) is 19.3 Å². The number of carbonyl (C=O) groups is 2. The number of urea groups is 1. The van der Waals surface area contributed by atoms with Crippen molar-refractivity contribution in [2.45, 2.75) is 58.2 Å². The average Bonchev–Trinajstić information content (AvgIpc) is 3.36. The lowest BCUT2D eigenvalue weighted by Crippen LogP contribution is -2.53. The molecule has 0 unspecified atom stereocenters. The van der Waals surface area contributed by atoms with Crippen molar-refractivity contribution in [2.24, 2.45) is 0 Å². The monoisotopic (exact) mass is 542 g/mol. The number of aromatic nitrogens is 1. The fourth-order valence-electron chi connectivity index (χ4n) is 7.22. The summed E-state index contributed by atoms with van der Waals surface area (Å²) in [6.07, 6.45) is 6.02. The van der Waals surface area contributed by atoms with E-state index >= 15 is 0 Å². The number of nitrogens with zero attached hydrogens (tertiary/aromatic N) is 4. The summed E-state index contributed by atoms with van der Waals surface area (Å²) >= 11 is 0. The standard InChI is InChI=1S/C32H38N4O4/c1-6-36-31(38)35-19-23-16-25(39-4)17-28(40-5)30(23)21(2)15-29(35)32(36)11-13-33(14-12-32)18-24-20-34(22(3)37)27-10-8-7-9-26(24)27/h7-10,15-17,20-21H,6,11-14,18-19H2,1-5H3/t21-/m0/s1. The van der Waals surface area contributed by atoms with Crippen molar-refractivity contribution in [3.8, 4) is 11.5 Å². The molecule has 0 aliphatic carbocycles. The molecular formula is C32H38N4O4. The van der Waals surface area contributed by atoms with Gasteiger partial charge in [-0.2, -0.15) is 0 Å². The fourth-order valence-corrected chi connectivity index (χ4v) is 7.22. The Hall–Kier alpha value is -3.78. The topological polar surface area (TPSA) is 67.2 Å². The van der Waals surface area contributed by atoms with Gasteiger partial charge in [-0.1, -0.05) is 31.2 Å². The number of likely N-dealkylation sites (N-methyl/N-ethyl adjacent to an activating group) is 1. The van der Waals surface area contributed by atoms with Crippen LogP contribution >= 0.6 is 0 Å². The van der Waals surface area contributed by atoms with Gasteiger partial charge in [-0.25, -0.2) is 4.79 Å². The van der Waals surface area contributed by atoms with E-state index in [4.69, 9.17) is 9.47 Å². The molecular weight excluding hydrogens is 504 g/mol. The second-order valence-electron chi connectivity index (χ2n) is 11.2. The highest BCUT2D eigenvalue weighted by atomic mass is 16.5. The smallest absolute Gasteiger partial charge is 0.325 e. The molecule has 8 heteroatoms. The number of piperidine rings is 1. The summed E-state index contributed by atoms with van der Waals surface area (Å²) < 4.78 is 13.1. The van der Waals surface area contributed by atoms with E-state index in [0.29, 0.717) is 13.1 Å². The van der Waals surface area contributed by atoms with Gasteiger partial charge < -0.3 is 14.4 Å². The molecule has 0 saturated carbocycles. The van der Waals surface area contributed by atoms with E-state index in [1.54, 1.807) is 25.7 Å². The number of fused-ring (bicyclic) bond motifs is 4. The Morgan fingerprint density at radius 1 is 1.10 bits per heavy atom. The number of hydrogen-bond acceptors (Lipinski definition) is 5. The first-order valence-electron chi connectivity index (χ1n) is 14.2. The van der Waals surface area contributed by atoms with E-state index in [1.165, 1.54) is 0 Å². The third kappa shape index (κ3) is 4.00. The van der Waals surface area contributed by atoms with Crippen LogP contribution in [-0.4, -0.2) is 70.6 Å². The summed E-state index contributed by atoms with van der Waals surface area (Å²) in [6.45, 7) is 9.56. The lowest BCUT2D eigenvalue weighted by molar-refractivity contribution is 0.0889. The molecule has 3 aliphatic heterocycles. The molecule has 0 bridgehead atoms. The highest BCUT2D eigenvalue weighted by Gasteiger charge is 2.54. The zero-order valence-electron chi connectivity index (χ0n) is 24.1. The Labute approximate surface area is 235 Å². The van der Waals surface area contributed by atoms with Crippen LogP contribution in [0.15, 0.2) is 54.4 Å². The van der Waals surface area contributed by atoms with Crippen molar-refractivity contribution in [3.05, 3.63) is 71.1 Å². The van der Waals surface area contributed by atoms with Gasteiger partial charge in [0.15, 0.2) is 0 Å². The van der Waals surface area contributed by atoms with Crippen LogP contribution in [0.5, 0.6) is 11.5 Å². The van der Waals surface area contributed by atoms with Gasteiger partial charge in [0.2, 0.25) is 5.91 Å². The third-order valence-corrected chi connectivity index (χ3v) is 9.12. The van der Waals surface area contributed by atoms with Gasteiger partial charge in [-0.3, -0.25) is 19.2 Å². The van der Waals surface area contributed by atoms with Gasteiger partial charge in [-0.15, -0.1) is 0 Å². The second-order valence-corrected chi connectivity index (χ2v) is 11.2. The van der Waals surface area contributed by atoms with E-state index in [2.05, 4.69) is 35.8 Å². The van der Waals surface area contributed by atoms with Gasteiger partial charge in [0.05, 0.1) is 31.8 Å². The number of hydrogen-bond donors (Lipinski definition) is 0. The number of amides is 2. The summed E-state index contributed by atoms with van der Waals surface area (Å²) in [4.78, 5) is 32.7. The van der Waals surface area contributed by atoms with Crippen LogP contribution < -0.4 is 9.47 Å². The molecule has 0 N–H and O–H groups in total. The van der Waals surface area contributed by atoms with Crippen LogP contribution in [0.1, 0.15) is 61.0 Å². The molecule has 40 heavy (non-hydrogen) atoms. The molecule has 2 fully saturated rings. The molecule has 2 amide bonds. The van der Waals surface area contributed by atoms with Gasteiger partial charge >= 0.3 is 6.03 Å². The van der Waals surface area contributed by atoms with Crippen LogP contribution in [0.4, 0.5) is 4.79 Å². The minimum absolute atomic E-state index is 0.0212. The van der Waals surface area contributed by atoms with Crippen molar-refractivity contribution in [1.29, 1.82) is 0 Å². The predicted octanol–water partition coefficient (Wildman–Crippen LogP) is 5.61. The van der Waals surface area contributed by atoms with Gasteiger partial charge in [0.25, 0.3) is 0 Å². The van der Waals surface area contributed by atoms with Gasteiger partial charge in [-0.05, 0) is 43.0 Å². The summed E-state index contributed by atoms with van der Waals surface area (Å²) in [6, 6.07) is 12.2. The molecule has 1 spiro atoms. The normalized spacial score (nSPS) is 20.4. The van der Waals surface area contributed by atoms with Crippen LogP contribution in [0.2, 0.25) is 0 Å². The average molecular weight is 543 g/mol. The van der Waals surface area contributed by atoms with Crippen molar-refractivity contribution in [2.75, 3.05) is 33.9 Å². The molecule has 2 saturated heterocycles. The minimum atomic E-state index is -0.330. The van der Waals surface area contributed by atoms with Crippen molar-refractivity contribution >= 4 is 22.8 Å². The molecule has 3 aliphatic rings. The Morgan fingerprint density at radius 2 is 1.85 bits per heavy atom. The van der Waals surface area contributed by atoms with E-state index in [9.17, 15) is 9.59 Å². The van der Waals surface area contributed by atoms with E-state index < -0.39 is 0 Å². The second kappa shape index (κ2) is 10.0. The highest BCUT2D eigenvalue weighted by molar-refractivity contribution is 5.93. The number of ether oxygens (including phenoxy) is 2. The van der Waals surface area contributed by atoms with E-state index in [1.807, 2.05) is 41.4 Å². The first-order valence-corrected chi connectivity index (χ1v) is 14.2. The van der Waals surface area contributed by atoms with E-state index in [-0.39, 0.29) is 23.4 Å². The third-order valence-electron chi connectivity index (χ3n) is 9.12. The Kier molecular flexibility index (Phi) is 6.61. The van der Waals surface area contributed by atoms with E-state index in [0.717, 1.165) is 77.3 Å². The summed E-state index contributed by atoms with van der Waals surface area (Å²) in [5, 5.41) is 1.12. The zero-order valence-corrected chi connectivity index (χ0v) is 24.1. The summed E-state index contributed by atoms with van der Waals surface area (Å²) in [5.74, 6) is 1.65. The maximum Gasteiger partial charge on any atom is 0.325 e. The highest BCUT2D eigenvalue weighted by Crippen LogP contribution is 2.49. The lowest BCUT2D eigenvalue weighted by Gasteiger charge is -2.44. The van der Waals surface area contributed by atoms with Crippen LogP contribution in [0.25, 0.3) is 10.9 Å². The molecule has 6 rings (SSSR count). The number of para-hydroxylation sites is 1. The quantitative estimate of drug-likeness (QED) is 0.419. The molecule has 2 aromatic carbocycles. The fraction of sp³-hybridized carbons (Fsp3) is 0.438. The molecule has 8 nitrogen and oxygen atoms in total. The molecule has 4 heterocycles. The first-order chi connectivity index (χ1) is 19.3. The van der Waals surface area contributed by atoms with Crippen molar-refractivity contribution < 1.29 is 19.1 Å². The summed E-state index contributed by atoms with van der Waals surface area (Å²) in [5.41, 5.74) is 5.10. The number of allylic oxidation sites excluding steroid dienone is 1. The zero-order chi connectivity index (χ0) is 28.2. The SMILES string of the molecule is CCN1C(=O)N2Cc3cc(OC)cc(OC)c3[C@@H](C)C=C2C12CCN(Cc1cn(C(C)=O)c3ccccc13)CC2. The molecule has 1 aromatic heterocycles. The predicted molar refractivity (Wildman–Crippen MR) is 155 cm³/mol. The largest absolute Gasteiger partial charge is 0.497 e. The maximum atomic E-state index is 13.9. The Balaban J connectivity index is 1.30. The van der Waals surface area contributed by atoms with Crippen LogP contribution in [0.3, 0.4) is 0 Å². The van der Waals surface area contributed by atoms with Crippen LogP contribution in [-0.2, 0) is 13.1 Å². The molecule has 210 valence electrons. The number of carbonyl (C=O) groups excluding carboxylic acids is 2. The first kappa shape index (κ1) is 26.4. The summed E-state index contributed by atoms with van der Waals surface area (Å²) in [7, 11) is 3.35. The van der Waals surface area contributed by atoms with Crippen LogP contribution in [0, 0.1) is 0 Å². The number of likely N-dealkylation sites (tertiary alicyclic amines) is 1. The lowest BCUT2D eigenvalue weighted by atomic mass is 9.82. The van der Waals surface area contributed by atoms with Gasteiger partial charge in [0.1, 0.15) is 11.5 Å². The molecule has 0 radical (unpaired) electrons. The Morgan fingerprint density at radius 3 is 2.52 bits per heavy atom. The maximum absolute atomic E-state index is 13.9. The number of rotatable bonds is 5. The van der Waals surface area contributed by atoms with Gasteiger partial charge in [0, 0.05) is 67.9 Å². The molecule has 3 aromatic rings. The van der Waals surface area contributed by atoms with Crippen molar-refractivity contribution in [3.63, 3.8) is 0 Å². The molecule has 1 atom stereocenters. The number of benzene rings is 2. The number of methoxy groups -OCH3 is 2.